The third-order valence-corrected chi connectivity index (χ3v) is 3.66. The Morgan fingerprint density at radius 1 is 1.24 bits per heavy atom. The number of benzene rings is 1. The van der Waals surface area contributed by atoms with Gasteiger partial charge in [-0.2, -0.15) is 0 Å². The highest BCUT2D eigenvalue weighted by molar-refractivity contribution is 6.30. The van der Waals surface area contributed by atoms with E-state index in [1.54, 1.807) is 24.1 Å². The molecule has 5 heteroatoms. The first-order valence-electron chi connectivity index (χ1n) is 6.92. The van der Waals surface area contributed by atoms with Gasteiger partial charge in [0.15, 0.2) is 0 Å². The Hall–Kier alpha value is -1.55. The van der Waals surface area contributed by atoms with Gasteiger partial charge >= 0.3 is 0 Å². The number of hydrogen-bond acceptors (Lipinski definition) is 2. The minimum atomic E-state index is -0.499. The topological polar surface area (TPSA) is 49.4 Å². The molecule has 2 amide bonds. The molecular formula is C16H23ClN2O2. The summed E-state index contributed by atoms with van der Waals surface area (Å²) in [5.74, 6) is -0.265. The normalized spacial score (nSPS) is 12.7. The number of carbonyl (C=O) groups is 2. The van der Waals surface area contributed by atoms with E-state index in [2.05, 4.69) is 5.32 Å². The molecule has 4 nitrogen and oxygen atoms in total. The van der Waals surface area contributed by atoms with Crippen LogP contribution in [0.2, 0.25) is 5.02 Å². The Labute approximate surface area is 131 Å². The van der Waals surface area contributed by atoms with Crippen molar-refractivity contribution in [2.75, 3.05) is 13.6 Å². The van der Waals surface area contributed by atoms with E-state index in [0.717, 1.165) is 5.56 Å². The molecule has 0 aliphatic heterocycles. The van der Waals surface area contributed by atoms with E-state index < -0.39 is 5.41 Å². The van der Waals surface area contributed by atoms with E-state index in [1.165, 1.54) is 0 Å². The molecule has 1 aromatic carbocycles. The van der Waals surface area contributed by atoms with Crippen molar-refractivity contribution in [1.82, 2.24) is 10.2 Å². The summed E-state index contributed by atoms with van der Waals surface area (Å²) in [5.41, 5.74) is 0.498. The first-order chi connectivity index (χ1) is 9.62. The summed E-state index contributed by atoms with van der Waals surface area (Å²) in [7, 11) is 1.73. The molecule has 116 valence electrons. The lowest BCUT2D eigenvalue weighted by atomic mass is 9.96. The molecule has 0 radical (unpaired) electrons. The fourth-order valence-corrected chi connectivity index (χ4v) is 1.85. The van der Waals surface area contributed by atoms with Crippen molar-refractivity contribution >= 4 is 23.4 Å². The predicted octanol–water partition coefficient (Wildman–Crippen LogP) is 3.02. The highest BCUT2D eigenvalue weighted by Gasteiger charge is 2.23. The number of carbonyl (C=O) groups excluding carboxylic acids is 2. The van der Waals surface area contributed by atoms with Crippen LogP contribution in [0.5, 0.6) is 0 Å². The predicted molar refractivity (Wildman–Crippen MR) is 85.1 cm³/mol. The standard InChI is InChI=1S/C16H23ClN2O2/c1-11(12-6-8-13(17)9-7-12)19(5)14(20)10-18-15(21)16(2,3)4/h6-9,11H,10H2,1-5H3,(H,18,21). The van der Waals surface area contributed by atoms with Crippen molar-refractivity contribution in [3.8, 4) is 0 Å². The lowest BCUT2D eigenvalue weighted by Gasteiger charge is -2.26. The first kappa shape index (κ1) is 17.5. The van der Waals surface area contributed by atoms with Crippen LogP contribution in [0, 0.1) is 5.41 Å². The van der Waals surface area contributed by atoms with Crippen LogP contribution in [0.25, 0.3) is 0 Å². The van der Waals surface area contributed by atoms with Gasteiger partial charge in [-0.15, -0.1) is 0 Å². The van der Waals surface area contributed by atoms with Crippen LogP contribution in [-0.2, 0) is 9.59 Å². The maximum atomic E-state index is 12.1. The van der Waals surface area contributed by atoms with E-state index in [9.17, 15) is 9.59 Å². The largest absolute Gasteiger partial charge is 0.347 e. The van der Waals surface area contributed by atoms with Crippen LogP contribution in [-0.4, -0.2) is 30.3 Å². The van der Waals surface area contributed by atoms with Crippen LogP contribution in [0.3, 0.4) is 0 Å². The molecule has 0 aromatic heterocycles. The number of halogens is 1. The molecular weight excluding hydrogens is 288 g/mol. The fraction of sp³-hybridized carbons (Fsp3) is 0.500. The number of hydrogen-bond donors (Lipinski definition) is 1. The Kier molecular flexibility index (Phi) is 5.78. The second-order valence-electron chi connectivity index (χ2n) is 6.16. The zero-order valence-corrected chi connectivity index (χ0v) is 14.0. The average molecular weight is 311 g/mol. The third-order valence-electron chi connectivity index (χ3n) is 3.41. The molecule has 0 spiro atoms. The summed E-state index contributed by atoms with van der Waals surface area (Å²) in [6.45, 7) is 7.38. The van der Waals surface area contributed by atoms with Gasteiger partial charge in [0.2, 0.25) is 11.8 Å². The molecule has 0 saturated carbocycles. The van der Waals surface area contributed by atoms with E-state index >= 15 is 0 Å². The molecule has 0 heterocycles. The maximum absolute atomic E-state index is 12.1. The highest BCUT2D eigenvalue weighted by atomic mass is 35.5. The first-order valence-corrected chi connectivity index (χ1v) is 7.30. The minimum absolute atomic E-state index is 0.00450. The number of amides is 2. The van der Waals surface area contributed by atoms with Crippen molar-refractivity contribution in [2.24, 2.45) is 5.41 Å². The average Bonchev–Trinajstić information content (AvgIpc) is 2.42. The second kappa shape index (κ2) is 6.94. The quantitative estimate of drug-likeness (QED) is 0.929. The van der Waals surface area contributed by atoms with Gasteiger partial charge in [0.05, 0.1) is 12.6 Å². The zero-order chi connectivity index (χ0) is 16.2. The van der Waals surface area contributed by atoms with Crippen LogP contribution in [0.1, 0.15) is 39.3 Å². The van der Waals surface area contributed by atoms with Gasteiger partial charge in [-0.1, -0.05) is 44.5 Å². The molecule has 0 fully saturated rings. The number of likely N-dealkylation sites (N-methyl/N-ethyl adjacent to an activating group) is 1. The van der Waals surface area contributed by atoms with Gasteiger partial charge in [0.25, 0.3) is 0 Å². The minimum Gasteiger partial charge on any atom is -0.347 e. The van der Waals surface area contributed by atoms with Gasteiger partial charge in [0.1, 0.15) is 0 Å². The molecule has 21 heavy (non-hydrogen) atoms. The molecule has 0 aliphatic carbocycles. The van der Waals surface area contributed by atoms with Gasteiger partial charge in [-0.25, -0.2) is 0 Å². The summed E-state index contributed by atoms with van der Waals surface area (Å²) in [4.78, 5) is 25.5. The molecule has 0 aliphatic rings. The Morgan fingerprint density at radius 3 is 2.24 bits per heavy atom. The van der Waals surface area contributed by atoms with Gasteiger partial charge in [0, 0.05) is 17.5 Å². The van der Waals surface area contributed by atoms with Crippen molar-refractivity contribution in [3.05, 3.63) is 34.9 Å². The zero-order valence-electron chi connectivity index (χ0n) is 13.2. The number of nitrogens with zero attached hydrogens (tertiary/aromatic N) is 1. The maximum Gasteiger partial charge on any atom is 0.242 e. The van der Waals surface area contributed by atoms with Crippen LogP contribution in [0.4, 0.5) is 0 Å². The number of rotatable bonds is 4. The Balaban J connectivity index is 2.62. The van der Waals surface area contributed by atoms with Crippen molar-refractivity contribution in [3.63, 3.8) is 0 Å². The van der Waals surface area contributed by atoms with Crippen molar-refractivity contribution in [2.45, 2.75) is 33.7 Å². The van der Waals surface area contributed by atoms with E-state index in [0.29, 0.717) is 5.02 Å². The van der Waals surface area contributed by atoms with E-state index in [-0.39, 0.29) is 24.4 Å². The fourth-order valence-electron chi connectivity index (χ4n) is 1.73. The monoisotopic (exact) mass is 310 g/mol. The van der Waals surface area contributed by atoms with Crippen molar-refractivity contribution < 1.29 is 9.59 Å². The summed E-state index contributed by atoms with van der Waals surface area (Å²) >= 11 is 5.86. The van der Waals surface area contributed by atoms with Gasteiger partial charge in [-0.05, 0) is 24.6 Å². The summed E-state index contributed by atoms with van der Waals surface area (Å²) < 4.78 is 0. The third kappa shape index (κ3) is 5.05. The molecule has 1 rings (SSSR count). The molecule has 1 unspecified atom stereocenters. The molecule has 1 N–H and O–H groups in total. The van der Waals surface area contributed by atoms with Crippen LogP contribution in [0.15, 0.2) is 24.3 Å². The van der Waals surface area contributed by atoms with Crippen molar-refractivity contribution in [1.29, 1.82) is 0 Å². The summed E-state index contributed by atoms with van der Waals surface area (Å²) in [6, 6.07) is 7.30. The van der Waals surface area contributed by atoms with E-state index in [1.807, 2.05) is 39.8 Å². The summed E-state index contributed by atoms with van der Waals surface area (Å²) in [6.07, 6.45) is 0. The Bertz CT molecular complexity index is 506. The summed E-state index contributed by atoms with van der Waals surface area (Å²) in [5, 5.41) is 3.33. The Morgan fingerprint density at radius 2 is 1.76 bits per heavy atom. The molecule has 1 atom stereocenters. The number of nitrogens with one attached hydrogen (secondary N) is 1. The lowest BCUT2D eigenvalue weighted by Crippen LogP contribution is -2.42. The molecule has 0 saturated heterocycles. The SMILES string of the molecule is CC(c1ccc(Cl)cc1)N(C)C(=O)CNC(=O)C(C)(C)C. The molecule has 1 aromatic rings. The smallest absolute Gasteiger partial charge is 0.242 e. The second-order valence-corrected chi connectivity index (χ2v) is 6.60. The van der Waals surface area contributed by atoms with Gasteiger partial charge in [-0.3, -0.25) is 9.59 Å². The van der Waals surface area contributed by atoms with E-state index in [4.69, 9.17) is 11.6 Å². The van der Waals surface area contributed by atoms with Crippen LogP contribution < -0.4 is 5.32 Å². The lowest BCUT2D eigenvalue weighted by molar-refractivity contribution is -0.135. The highest BCUT2D eigenvalue weighted by Crippen LogP contribution is 2.20. The van der Waals surface area contributed by atoms with Crippen LogP contribution >= 0.6 is 11.6 Å². The molecule has 0 bridgehead atoms. The van der Waals surface area contributed by atoms with Gasteiger partial charge < -0.3 is 10.2 Å².